The summed E-state index contributed by atoms with van der Waals surface area (Å²) in [5, 5.41) is 0.646. The van der Waals surface area contributed by atoms with Crippen molar-refractivity contribution in [1.29, 1.82) is 0 Å². The van der Waals surface area contributed by atoms with Crippen LogP contribution in [-0.4, -0.2) is 45.2 Å². The number of anilines is 1. The number of piperazine rings is 1. The van der Waals surface area contributed by atoms with Crippen LogP contribution in [0.3, 0.4) is 0 Å². The van der Waals surface area contributed by atoms with Gasteiger partial charge in [-0.2, -0.15) is 0 Å². The molecule has 0 unspecified atom stereocenters. The van der Waals surface area contributed by atoms with Gasteiger partial charge in [-0.05, 0) is 24.3 Å². The summed E-state index contributed by atoms with van der Waals surface area (Å²) in [6.45, 7) is 4.42. The van der Waals surface area contributed by atoms with Crippen LogP contribution in [0.1, 0.15) is 5.69 Å². The first-order valence-electron chi connectivity index (χ1n) is 9.10. The molecule has 0 N–H and O–H groups in total. The summed E-state index contributed by atoms with van der Waals surface area (Å²) in [5.41, 5.74) is 2.86. The van der Waals surface area contributed by atoms with Crippen molar-refractivity contribution in [3.05, 3.63) is 69.1 Å². The SMILES string of the molecule is Cn1cnc2cc(N3CCN(Cc4cccc(=O)n4C)CC3)ccc2c1=O. The topological polar surface area (TPSA) is 63.4 Å². The maximum Gasteiger partial charge on any atom is 0.260 e. The molecule has 27 heavy (non-hydrogen) atoms. The second kappa shape index (κ2) is 7.00. The standard InChI is InChI=1S/C20H23N5O2/c1-22-14-21-18-12-15(6-7-17(18)20(22)27)25-10-8-24(9-11-25)13-16-4-3-5-19(26)23(16)2/h3-7,12,14H,8-11,13H2,1-2H3. The summed E-state index contributed by atoms with van der Waals surface area (Å²) in [5.74, 6) is 0. The Morgan fingerprint density at radius 3 is 2.56 bits per heavy atom. The van der Waals surface area contributed by atoms with Crippen LogP contribution in [0.25, 0.3) is 10.9 Å². The third-order valence-electron chi connectivity index (χ3n) is 5.31. The van der Waals surface area contributed by atoms with Crippen LogP contribution in [0.5, 0.6) is 0 Å². The van der Waals surface area contributed by atoms with E-state index < -0.39 is 0 Å². The van der Waals surface area contributed by atoms with Gasteiger partial charge in [0, 0.05) is 64.3 Å². The second-order valence-electron chi connectivity index (χ2n) is 7.04. The zero-order valence-electron chi connectivity index (χ0n) is 15.6. The number of fused-ring (bicyclic) bond motifs is 1. The van der Waals surface area contributed by atoms with Crippen molar-refractivity contribution in [2.24, 2.45) is 14.1 Å². The number of aromatic nitrogens is 3. The van der Waals surface area contributed by atoms with Crippen molar-refractivity contribution in [3.63, 3.8) is 0 Å². The van der Waals surface area contributed by atoms with Crippen LogP contribution in [0, 0.1) is 0 Å². The molecule has 0 atom stereocenters. The van der Waals surface area contributed by atoms with Gasteiger partial charge >= 0.3 is 0 Å². The van der Waals surface area contributed by atoms with Crippen LogP contribution < -0.4 is 16.0 Å². The second-order valence-corrected chi connectivity index (χ2v) is 7.04. The monoisotopic (exact) mass is 365 g/mol. The van der Waals surface area contributed by atoms with E-state index in [9.17, 15) is 9.59 Å². The van der Waals surface area contributed by atoms with Gasteiger partial charge < -0.3 is 14.0 Å². The molecule has 3 aromatic rings. The molecule has 0 amide bonds. The van der Waals surface area contributed by atoms with Gasteiger partial charge in [0.25, 0.3) is 5.56 Å². The summed E-state index contributed by atoms with van der Waals surface area (Å²) >= 11 is 0. The Balaban J connectivity index is 1.47. The zero-order chi connectivity index (χ0) is 19.0. The fraction of sp³-hybridized carbons (Fsp3) is 0.350. The molecule has 2 aromatic heterocycles. The van der Waals surface area contributed by atoms with E-state index in [0.717, 1.165) is 49.6 Å². The number of aryl methyl sites for hydroxylation is 1. The van der Waals surface area contributed by atoms with Crippen molar-refractivity contribution < 1.29 is 0 Å². The molecule has 0 bridgehead atoms. The van der Waals surface area contributed by atoms with Crippen LogP contribution in [0.15, 0.2) is 52.3 Å². The highest BCUT2D eigenvalue weighted by Gasteiger charge is 2.18. The summed E-state index contributed by atoms with van der Waals surface area (Å²) in [6.07, 6.45) is 1.57. The Morgan fingerprint density at radius 2 is 1.78 bits per heavy atom. The molecule has 1 aliphatic rings. The van der Waals surface area contributed by atoms with E-state index in [2.05, 4.69) is 14.8 Å². The molecule has 0 radical (unpaired) electrons. The summed E-state index contributed by atoms with van der Waals surface area (Å²) in [7, 11) is 3.53. The maximum absolute atomic E-state index is 12.2. The highest BCUT2D eigenvalue weighted by Crippen LogP contribution is 2.20. The first kappa shape index (κ1) is 17.5. The summed E-state index contributed by atoms with van der Waals surface area (Å²) in [4.78, 5) is 33.0. The summed E-state index contributed by atoms with van der Waals surface area (Å²) in [6, 6.07) is 11.3. The molecule has 140 valence electrons. The average Bonchev–Trinajstić information content (AvgIpc) is 2.69. The molecule has 1 saturated heterocycles. The highest BCUT2D eigenvalue weighted by molar-refractivity contribution is 5.81. The lowest BCUT2D eigenvalue weighted by atomic mass is 10.2. The minimum atomic E-state index is -0.0233. The third kappa shape index (κ3) is 3.38. The molecule has 4 rings (SSSR count). The van der Waals surface area contributed by atoms with Crippen LogP contribution in [-0.2, 0) is 20.6 Å². The molecule has 0 aliphatic carbocycles. The van der Waals surface area contributed by atoms with Crippen LogP contribution in [0.2, 0.25) is 0 Å². The maximum atomic E-state index is 12.2. The van der Waals surface area contributed by atoms with Gasteiger partial charge in [-0.1, -0.05) is 6.07 Å². The number of nitrogens with zero attached hydrogens (tertiary/aromatic N) is 5. The van der Waals surface area contributed by atoms with Crippen molar-refractivity contribution in [3.8, 4) is 0 Å². The molecule has 1 aliphatic heterocycles. The molecule has 1 fully saturated rings. The van der Waals surface area contributed by atoms with E-state index in [1.165, 1.54) is 4.57 Å². The molecule has 0 spiro atoms. The first-order valence-corrected chi connectivity index (χ1v) is 9.10. The minimum Gasteiger partial charge on any atom is -0.369 e. The first-order chi connectivity index (χ1) is 13.0. The van der Waals surface area contributed by atoms with E-state index in [-0.39, 0.29) is 11.1 Å². The van der Waals surface area contributed by atoms with Crippen molar-refractivity contribution in [1.82, 2.24) is 19.0 Å². The molecule has 7 nitrogen and oxygen atoms in total. The van der Waals surface area contributed by atoms with Gasteiger partial charge in [-0.3, -0.25) is 14.5 Å². The Labute approximate surface area is 157 Å². The lowest BCUT2D eigenvalue weighted by molar-refractivity contribution is 0.244. The predicted molar refractivity (Wildman–Crippen MR) is 106 cm³/mol. The van der Waals surface area contributed by atoms with Gasteiger partial charge in [0.05, 0.1) is 17.2 Å². The van der Waals surface area contributed by atoms with Gasteiger partial charge in [0.15, 0.2) is 0 Å². The summed E-state index contributed by atoms with van der Waals surface area (Å²) < 4.78 is 3.21. The number of hydrogen-bond donors (Lipinski definition) is 0. The van der Waals surface area contributed by atoms with E-state index in [0.29, 0.717) is 5.39 Å². The van der Waals surface area contributed by atoms with Gasteiger partial charge in [0.1, 0.15) is 0 Å². The average molecular weight is 365 g/mol. The highest BCUT2D eigenvalue weighted by atomic mass is 16.1. The van der Waals surface area contributed by atoms with Gasteiger partial charge in [-0.15, -0.1) is 0 Å². The van der Waals surface area contributed by atoms with E-state index >= 15 is 0 Å². The quantitative estimate of drug-likeness (QED) is 0.692. The number of hydrogen-bond acceptors (Lipinski definition) is 5. The Hall–Kier alpha value is -2.93. The Kier molecular flexibility index (Phi) is 4.53. The van der Waals surface area contributed by atoms with E-state index in [1.54, 1.807) is 24.0 Å². The molecule has 3 heterocycles. The van der Waals surface area contributed by atoms with E-state index in [1.807, 2.05) is 37.4 Å². The smallest absolute Gasteiger partial charge is 0.260 e. The normalized spacial score (nSPS) is 15.4. The molecule has 0 saturated carbocycles. The van der Waals surface area contributed by atoms with Crippen molar-refractivity contribution >= 4 is 16.6 Å². The number of pyridine rings is 1. The van der Waals surface area contributed by atoms with Crippen molar-refractivity contribution in [2.45, 2.75) is 6.54 Å². The minimum absolute atomic E-state index is 0.0233. The molecule has 7 heteroatoms. The largest absolute Gasteiger partial charge is 0.369 e. The Bertz CT molecular complexity index is 1090. The van der Waals surface area contributed by atoms with Gasteiger partial charge in [-0.25, -0.2) is 4.98 Å². The van der Waals surface area contributed by atoms with Crippen LogP contribution >= 0.6 is 0 Å². The lowest BCUT2D eigenvalue weighted by Gasteiger charge is -2.36. The van der Waals surface area contributed by atoms with Crippen LogP contribution in [0.4, 0.5) is 5.69 Å². The molecule has 1 aromatic carbocycles. The van der Waals surface area contributed by atoms with Gasteiger partial charge in [0.2, 0.25) is 5.56 Å². The Morgan fingerprint density at radius 1 is 1.00 bits per heavy atom. The fourth-order valence-corrected chi connectivity index (χ4v) is 3.55. The molecular formula is C20H23N5O2. The number of rotatable bonds is 3. The molecular weight excluding hydrogens is 342 g/mol. The predicted octanol–water partition coefficient (Wildman–Crippen LogP) is 0.954. The van der Waals surface area contributed by atoms with E-state index in [4.69, 9.17) is 0 Å². The van der Waals surface area contributed by atoms with Crippen molar-refractivity contribution in [2.75, 3.05) is 31.1 Å². The third-order valence-corrected chi connectivity index (χ3v) is 5.31. The zero-order valence-corrected chi connectivity index (χ0v) is 15.6. The fourth-order valence-electron chi connectivity index (χ4n) is 3.55. The lowest BCUT2D eigenvalue weighted by Crippen LogP contribution is -2.46. The number of benzene rings is 1.